The maximum absolute atomic E-state index is 4.85. The molecule has 0 amide bonds. The van der Waals surface area contributed by atoms with E-state index in [1.807, 2.05) is 24.3 Å². The van der Waals surface area contributed by atoms with E-state index in [9.17, 15) is 0 Å². The summed E-state index contributed by atoms with van der Waals surface area (Å²) in [6.45, 7) is 6.74. The van der Waals surface area contributed by atoms with Gasteiger partial charge in [-0.3, -0.25) is 0 Å². The third-order valence-electron chi connectivity index (χ3n) is 1.22. The van der Waals surface area contributed by atoms with E-state index in [0.717, 1.165) is 6.42 Å². The molecule has 0 aliphatic heterocycles. The molecule has 0 atom stereocenters. The van der Waals surface area contributed by atoms with E-state index in [1.54, 1.807) is 0 Å². The molecule has 0 nitrogen and oxygen atoms in total. The second-order valence-corrected chi connectivity index (χ2v) is 3.42. The standard InChI is InChI=1S/C9H10.C2H2Cl2/c1-2-6-9-7-4-3-5-8-9;1-2(3)4/h2-5,7-8H,1,6H2;1H2. The minimum Gasteiger partial charge on any atom is -0.103 e. The number of rotatable bonds is 2. The summed E-state index contributed by atoms with van der Waals surface area (Å²) >= 11 is 9.69. The number of halogens is 2. The van der Waals surface area contributed by atoms with Gasteiger partial charge in [-0.15, -0.1) is 6.58 Å². The van der Waals surface area contributed by atoms with Gasteiger partial charge in [0.05, 0.1) is 4.49 Å². The van der Waals surface area contributed by atoms with Crippen molar-refractivity contribution in [2.24, 2.45) is 0 Å². The second kappa shape index (κ2) is 7.90. The Morgan fingerprint density at radius 3 is 2.08 bits per heavy atom. The fourth-order valence-corrected chi connectivity index (χ4v) is 0.781. The predicted molar refractivity (Wildman–Crippen MR) is 61.2 cm³/mol. The molecule has 0 saturated heterocycles. The third kappa shape index (κ3) is 9.19. The molecule has 1 rings (SSSR count). The van der Waals surface area contributed by atoms with E-state index in [1.165, 1.54) is 5.56 Å². The van der Waals surface area contributed by atoms with E-state index < -0.39 is 0 Å². The summed E-state index contributed by atoms with van der Waals surface area (Å²) < 4.78 is 0.111. The van der Waals surface area contributed by atoms with Crippen molar-refractivity contribution < 1.29 is 0 Å². The first-order valence-corrected chi connectivity index (χ1v) is 4.57. The summed E-state index contributed by atoms with van der Waals surface area (Å²) in [6.07, 6.45) is 2.89. The molecule has 2 heteroatoms. The summed E-state index contributed by atoms with van der Waals surface area (Å²) in [5.41, 5.74) is 1.33. The second-order valence-electron chi connectivity index (χ2n) is 2.32. The highest BCUT2D eigenvalue weighted by Gasteiger charge is 1.82. The van der Waals surface area contributed by atoms with Gasteiger partial charge < -0.3 is 0 Å². The van der Waals surface area contributed by atoms with Crippen LogP contribution in [0.3, 0.4) is 0 Å². The molecule has 0 heterocycles. The van der Waals surface area contributed by atoms with Crippen molar-refractivity contribution in [3.63, 3.8) is 0 Å². The van der Waals surface area contributed by atoms with Crippen molar-refractivity contribution in [3.8, 4) is 0 Å². The van der Waals surface area contributed by atoms with Gasteiger partial charge in [-0.1, -0.05) is 66.2 Å². The molecular weight excluding hydrogens is 203 g/mol. The highest BCUT2D eigenvalue weighted by molar-refractivity contribution is 6.55. The van der Waals surface area contributed by atoms with Crippen LogP contribution in [-0.2, 0) is 6.42 Å². The zero-order chi connectivity index (χ0) is 10.1. The Morgan fingerprint density at radius 1 is 1.23 bits per heavy atom. The monoisotopic (exact) mass is 214 g/mol. The quantitative estimate of drug-likeness (QED) is 0.643. The molecule has 0 unspecified atom stereocenters. The van der Waals surface area contributed by atoms with Crippen molar-refractivity contribution >= 4 is 23.2 Å². The lowest BCUT2D eigenvalue weighted by atomic mass is 10.2. The summed E-state index contributed by atoms with van der Waals surface area (Å²) in [4.78, 5) is 0. The summed E-state index contributed by atoms with van der Waals surface area (Å²) in [7, 11) is 0. The van der Waals surface area contributed by atoms with Crippen molar-refractivity contribution in [2.75, 3.05) is 0 Å². The van der Waals surface area contributed by atoms with Gasteiger partial charge in [0.25, 0.3) is 0 Å². The molecule has 1 aromatic carbocycles. The van der Waals surface area contributed by atoms with Crippen LogP contribution in [-0.4, -0.2) is 0 Å². The molecular formula is C11H12Cl2. The predicted octanol–water partition coefficient (Wildman–Crippen LogP) is 4.35. The molecule has 0 N–H and O–H groups in total. The number of hydrogen-bond acceptors (Lipinski definition) is 0. The van der Waals surface area contributed by atoms with E-state index in [0.29, 0.717) is 0 Å². The molecule has 1 aromatic rings. The van der Waals surface area contributed by atoms with Crippen molar-refractivity contribution in [1.29, 1.82) is 0 Å². The Balaban J connectivity index is 0.000000310. The Hall–Kier alpha value is -0.720. The van der Waals surface area contributed by atoms with Crippen LogP contribution in [0.15, 0.2) is 54.1 Å². The molecule has 13 heavy (non-hydrogen) atoms. The summed E-state index contributed by atoms with van der Waals surface area (Å²) in [5.74, 6) is 0. The number of benzene rings is 1. The van der Waals surface area contributed by atoms with E-state index >= 15 is 0 Å². The highest BCUT2D eigenvalue weighted by Crippen LogP contribution is 1.99. The molecule has 0 aliphatic carbocycles. The fraction of sp³-hybridized carbons (Fsp3) is 0.0909. The van der Waals surface area contributed by atoms with Gasteiger partial charge in [0.2, 0.25) is 0 Å². The Labute approximate surface area is 89.5 Å². The first-order valence-electron chi connectivity index (χ1n) is 3.81. The fourth-order valence-electron chi connectivity index (χ4n) is 0.781. The van der Waals surface area contributed by atoms with Crippen molar-refractivity contribution in [3.05, 3.63) is 59.6 Å². The lowest BCUT2D eigenvalue weighted by molar-refractivity contribution is 1.28. The van der Waals surface area contributed by atoms with Crippen LogP contribution in [0, 0.1) is 0 Å². The normalized spacial score (nSPS) is 8.15. The van der Waals surface area contributed by atoms with Gasteiger partial charge in [-0.25, -0.2) is 0 Å². The Kier molecular flexibility index (Phi) is 7.47. The molecule has 0 radical (unpaired) electrons. The van der Waals surface area contributed by atoms with Gasteiger partial charge in [-0.05, 0) is 12.0 Å². The zero-order valence-electron chi connectivity index (χ0n) is 7.34. The Bertz CT molecular complexity index is 248. The minimum absolute atomic E-state index is 0.111. The van der Waals surface area contributed by atoms with Gasteiger partial charge in [0.1, 0.15) is 0 Å². The highest BCUT2D eigenvalue weighted by atomic mass is 35.5. The summed E-state index contributed by atoms with van der Waals surface area (Å²) in [5, 5.41) is 0. The molecule has 0 spiro atoms. The third-order valence-corrected chi connectivity index (χ3v) is 1.22. The first kappa shape index (κ1) is 12.3. The maximum Gasteiger partial charge on any atom is 0.0992 e. The Morgan fingerprint density at radius 2 is 1.69 bits per heavy atom. The lowest BCUT2D eigenvalue weighted by Crippen LogP contribution is -1.75. The minimum atomic E-state index is 0.111. The van der Waals surface area contributed by atoms with Crippen LogP contribution in [0.5, 0.6) is 0 Å². The van der Waals surface area contributed by atoms with Gasteiger partial charge in [-0.2, -0.15) is 0 Å². The molecule has 0 fully saturated rings. The lowest BCUT2D eigenvalue weighted by Gasteiger charge is -1.91. The molecule has 0 aromatic heterocycles. The van der Waals surface area contributed by atoms with Crippen LogP contribution in [0.25, 0.3) is 0 Å². The first-order chi connectivity index (χ1) is 6.16. The zero-order valence-corrected chi connectivity index (χ0v) is 8.85. The molecule has 70 valence electrons. The van der Waals surface area contributed by atoms with E-state index in [4.69, 9.17) is 23.2 Å². The summed E-state index contributed by atoms with van der Waals surface area (Å²) in [6, 6.07) is 10.3. The maximum atomic E-state index is 4.85. The van der Waals surface area contributed by atoms with Crippen molar-refractivity contribution in [2.45, 2.75) is 6.42 Å². The van der Waals surface area contributed by atoms with E-state index in [2.05, 4.69) is 25.3 Å². The van der Waals surface area contributed by atoms with Crippen LogP contribution in [0.4, 0.5) is 0 Å². The number of hydrogen-bond donors (Lipinski definition) is 0. The topological polar surface area (TPSA) is 0 Å². The van der Waals surface area contributed by atoms with E-state index in [-0.39, 0.29) is 4.49 Å². The average molecular weight is 215 g/mol. The van der Waals surface area contributed by atoms with Crippen LogP contribution < -0.4 is 0 Å². The smallest absolute Gasteiger partial charge is 0.0992 e. The van der Waals surface area contributed by atoms with Crippen LogP contribution in [0.1, 0.15) is 5.56 Å². The van der Waals surface area contributed by atoms with Crippen LogP contribution >= 0.6 is 23.2 Å². The van der Waals surface area contributed by atoms with Gasteiger partial charge in [0, 0.05) is 0 Å². The molecule has 0 bridgehead atoms. The largest absolute Gasteiger partial charge is 0.103 e. The van der Waals surface area contributed by atoms with Gasteiger partial charge in [0.15, 0.2) is 0 Å². The number of allylic oxidation sites excluding steroid dienone is 1. The van der Waals surface area contributed by atoms with Gasteiger partial charge >= 0.3 is 0 Å². The molecule has 0 saturated carbocycles. The molecule has 0 aliphatic rings. The van der Waals surface area contributed by atoms with Crippen LogP contribution in [0.2, 0.25) is 0 Å². The SMILES string of the molecule is C=C(Cl)Cl.C=CCc1ccccc1. The van der Waals surface area contributed by atoms with Crippen molar-refractivity contribution in [1.82, 2.24) is 0 Å². The average Bonchev–Trinajstić information content (AvgIpc) is 2.06.